The zero-order chi connectivity index (χ0) is 14.3. The van der Waals surface area contributed by atoms with Gasteiger partial charge >= 0.3 is 5.97 Å². The maximum atomic E-state index is 10.6. The molecule has 0 atom stereocenters. The molecule has 2 aromatic heterocycles. The van der Waals surface area contributed by atoms with Crippen LogP contribution in [0.4, 0.5) is 0 Å². The van der Waals surface area contributed by atoms with Gasteiger partial charge in [0.05, 0.1) is 5.52 Å². The van der Waals surface area contributed by atoms with E-state index < -0.39 is 5.97 Å². The van der Waals surface area contributed by atoms with E-state index in [4.69, 9.17) is 5.11 Å². The second kappa shape index (κ2) is 4.49. The minimum Gasteiger partial charge on any atom is -0.478 e. The Labute approximate surface area is 115 Å². The number of carboxylic acids is 1. The highest BCUT2D eigenvalue weighted by molar-refractivity contribution is 6.07. The fraction of sp³-hybridized carbons (Fsp3) is 0.125. The molecular formula is C16H14N2O2. The third-order valence-electron chi connectivity index (χ3n) is 3.33. The SMILES string of the molecule is Cc1cnc2[nH]c3c(C)cc(C=CC(=O)O)cc3c2c1. The predicted octanol–water partition coefficient (Wildman–Crippen LogP) is 3.43. The van der Waals surface area contributed by atoms with Gasteiger partial charge in [-0.3, -0.25) is 0 Å². The van der Waals surface area contributed by atoms with Crippen molar-refractivity contribution in [1.29, 1.82) is 0 Å². The molecular weight excluding hydrogens is 252 g/mol. The molecule has 20 heavy (non-hydrogen) atoms. The van der Waals surface area contributed by atoms with Crippen molar-refractivity contribution in [2.75, 3.05) is 0 Å². The normalized spacial score (nSPS) is 11.7. The van der Waals surface area contributed by atoms with Gasteiger partial charge in [0.15, 0.2) is 0 Å². The lowest BCUT2D eigenvalue weighted by Crippen LogP contribution is -1.86. The van der Waals surface area contributed by atoms with Gasteiger partial charge in [0, 0.05) is 23.0 Å². The number of carbonyl (C=O) groups is 1. The summed E-state index contributed by atoms with van der Waals surface area (Å²) in [5.41, 5.74) is 4.95. The van der Waals surface area contributed by atoms with Gasteiger partial charge in [-0.15, -0.1) is 0 Å². The summed E-state index contributed by atoms with van der Waals surface area (Å²) >= 11 is 0. The smallest absolute Gasteiger partial charge is 0.328 e. The zero-order valence-electron chi connectivity index (χ0n) is 11.3. The van der Waals surface area contributed by atoms with Gasteiger partial charge < -0.3 is 10.1 Å². The fourth-order valence-electron chi connectivity index (χ4n) is 2.45. The monoisotopic (exact) mass is 266 g/mol. The van der Waals surface area contributed by atoms with Crippen LogP contribution in [-0.2, 0) is 4.79 Å². The Bertz CT molecular complexity index is 860. The summed E-state index contributed by atoms with van der Waals surface area (Å²) in [6.45, 7) is 4.01. The van der Waals surface area contributed by atoms with Crippen molar-refractivity contribution in [3.8, 4) is 0 Å². The molecule has 0 aliphatic heterocycles. The summed E-state index contributed by atoms with van der Waals surface area (Å²) in [6, 6.07) is 6.04. The van der Waals surface area contributed by atoms with Crippen LogP contribution >= 0.6 is 0 Å². The number of fused-ring (bicyclic) bond motifs is 3. The number of nitrogens with zero attached hydrogens (tertiary/aromatic N) is 1. The van der Waals surface area contributed by atoms with E-state index in [-0.39, 0.29) is 0 Å². The molecule has 4 nitrogen and oxygen atoms in total. The third-order valence-corrected chi connectivity index (χ3v) is 3.33. The van der Waals surface area contributed by atoms with Crippen LogP contribution in [-0.4, -0.2) is 21.0 Å². The van der Waals surface area contributed by atoms with E-state index in [1.807, 2.05) is 32.2 Å². The molecule has 100 valence electrons. The number of aryl methyl sites for hydroxylation is 2. The summed E-state index contributed by atoms with van der Waals surface area (Å²) < 4.78 is 0. The molecule has 3 aromatic rings. The predicted molar refractivity (Wildman–Crippen MR) is 79.7 cm³/mol. The number of benzene rings is 1. The summed E-state index contributed by atoms with van der Waals surface area (Å²) in [7, 11) is 0. The van der Waals surface area contributed by atoms with Gasteiger partial charge in [0.25, 0.3) is 0 Å². The number of rotatable bonds is 2. The van der Waals surface area contributed by atoms with Gasteiger partial charge in [0.1, 0.15) is 5.65 Å². The highest BCUT2D eigenvalue weighted by Crippen LogP contribution is 2.28. The van der Waals surface area contributed by atoms with Crippen molar-refractivity contribution in [2.24, 2.45) is 0 Å². The van der Waals surface area contributed by atoms with Gasteiger partial charge in [-0.2, -0.15) is 0 Å². The number of aromatic nitrogens is 2. The number of hydrogen-bond acceptors (Lipinski definition) is 2. The minimum absolute atomic E-state index is 0.855. The molecule has 0 bridgehead atoms. The second-order valence-corrected chi connectivity index (χ2v) is 4.97. The first kappa shape index (κ1) is 12.4. The number of pyridine rings is 1. The Morgan fingerprint density at radius 2 is 2.05 bits per heavy atom. The Hall–Kier alpha value is -2.62. The number of aliphatic carboxylic acids is 1. The van der Waals surface area contributed by atoms with Crippen molar-refractivity contribution < 1.29 is 9.90 Å². The van der Waals surface area contributed by atoms with E-state index in [1.54, 1.807) is 6.08 Å². The quantitative estimate of drug-likeness (QED) is 0.698. The number of H-pyrrole nitrogens is 1. The van der Waals surface area contributed by atoms with E-state index in [0.29, 0.717) is 0 Å². The number of aromatic amines is 1. The molecule has 4 heteroatoms. The summed E-state index contributed by atoms with van der Waals surface area (Å²) in [5.74, 6) is -0.945. The molecule has 0 fully saturated rings. The Morgan fingerprint density at radius 3 is 2.80 bits per heavy atom. The molecule has 1 aromatic carbocycles. The minimum atomic E-state index is -0.945. The topological polar surface area (TPSA) is 66.0 Å². The molecule has 0 saturated heterocycles. The summed E-state index contributed by atoms with van der Waals surface area (Å²) in [5, 5.41) is 10.9. The van der Waals surface area contributed by atoms with Gasteiger partial charge in [-0.1, -0.05) is 0 Å². The van der Waals surface area contributed by atoms with E-state index in [2.05, 4.69) is 16.0 Å². The average Bonchev–Trinajstić information content (AvgIpc) is 2.75. The highest BCUT2D eigenvalue weighted by Gasteiger charge is 2.08. The maximum Gasteiger partial charge on any atom is 0.328 e. The van der Waals surface area contributed by atoms with Crippen LogP contribution in [0.1, 0.15) is 16.7 Å². The first-order valence-corrected chi connectivity index (χ1v) is 6.34. The zero-order valence-corrected chi connectivity index (χ0v) is 11.3. The number of hydrogen-bond donors (Lipinski definition) is 2. The van der Waals surface area contributed by atoms with E-state index >= 15 is 0 Å². The lowest BCUT2D eigenvalue weighted by Gasteiger charge is -2.00. The van der Waals surface area contributed by atoms with Crippen LogP contribution in [0.15, 0.2) is 30.5 Å². The molecule has 0 aliphatic carbocycles. The lowest BCUT2D eigenvalue weighted by molar-refractivity contribution is -0.131. The van der Waals surface area contributed by atoms with Crippen LogP contribution in [0.25, 0.3) is 28.0 Å². The van der Waals surface area contributed by atoms with Crippen molar-refractivity contribution >= 4 is 34.0 Å². The van der Waals surface area contributed by atoms with E-state index in [9.17, 15) is 4.79 Å². The van der Waals surface area contributed by atoms with Crippen LogP contribution in [0, 0.1) is 13.8 Å². The Morgan fingerprint density at radius 1 is 1.25 bits per heavy atom. The average molecular weight is 266 g/mol. The van der Waals surface area contributed by atoms with Gasteiger partial charge in [-0.25, -0.2) is 9.78 Å². The largest absolute Gasteiger partial charge is 0.478 e. The molecule has 0 saturated carbocycles. The molecule has 0 spiro atoms. The molecule has 2 N–H and O–H groups in total. The number of nitrogens with one attached hydrogen (secondary N) is 1. The van der Waals surface area contributed by atoms with E-state index in [0.717, 1.165) is 44.7 Å². The molecule has 0 radical (unpaired) electrons. The Kier molecular flexibility index (Phi) is 2.79. The summed E-state index contributed by atoms with van der Waals surface area (Å²) in [6.07, 6.45) is 4.59. The molecule has 0 amide bonds. The first-order chi connectivity index (χ1) is 9.54. The Balaban J connectivity index is 2.30. The lowest BCUT2D eigenvalue weighted by atomic mass is 10.0. The molecule has 2 heterocycles. The summed E-state index contributed by atoms with van der Waals surface area (Å²) in [4.78, 5) is 18.3. The van der Waals surface area contributed by atoms with Crippen LogP contribution in [0.3, 0.4) is 0 Å². The molecule has 0 aliphatic rings. The van der Waals surface area contributed by atoms with Gasteiger partial charge in [0.2, 0.25) is 0 Å². The third kappa shape index (κ3) is 2.05. The van der Waals surface area contributed by atoms with Crippen molar-refractivity contribution in [3.63, 3.8) is 0 Å². The molecule has 0 unspecified atom stereocenters. The molecule has 3 rings (SSSR count). The van der Waals surface area contributed by atoms with Crippen molar-refractivity contribution in [2.45, 2.75) is 13.8 Å². The first-order valence-electron chi connectivity index (χ1n) is 6.34. The standard InChI is InChI=1S/C16H14N2O2/c1-9-5-13-12-7-11(3-4-14(19)20)6-10(2)15(12)18-16(13)17-8-9/h3-8H,1-2H3,(H,17,18)(H,19,20). The van der Waals surface area contributed by atoms with Crippen LogP contribution in [0.5, 0.6) is 0 Å². The van der Waals surface area contributed by atoms with Gasteiger partial charge in [-0.05, 0) is 54.8 Å². The van der Waals surface area contributed by atoms with Crippen molar-refractivity contribution in [1.82, 2.24) is 9.97 Å². The maximum absolute atomic E-state index is 10.6. The van der Waals surface area contributed by atoms with E-state index in [1.165, 1.54) is 0 Å². The second-order valence-electron chi connectivity index (χ2n) is 4.97. The number of carboxylic acid groups (broad SMARTS) is 1. The van der Waals surface area contributed by atoms with Crippen molar-refractivity contribution in [3.05, 3.63) is 47.2 Å². The van der Waals surface area contributed by atoms with Crippen LogP contribution in [0.2, 0.25) is 0 Å². The van der Waals surface area contributed by atoms with Crippen LogP contribution < -0.4 is 0 Å². The fourth-order valence-corrected chi connectivity index (χ4v) is 2.45. The highest BCUT2D eigenvalue weighted by atomic mass is 16.4.